The Balaban J connectivity index is 1.92. The second-order valence-corrected chi connectivity index (χ2v) is 4.10. The van der Waals surface area contributed by atoms with Gasteiger partial charge >= 0.3 is 0 Å². The molecular formula is C13H12O2. The van der Waals surface area contributed by atoms with E-state index in [1.165, 1.54) is 5.56 Å². The molecule has 1 aromatic rings. The van der Waals surface area contributed by atoms with Gasteiger partial charge in [-0.05, 0) is 18.1 Å². The quantitative estimate of drug-likeness (QED) is 0.693. The van der Waals surface area contributed by atoms with Crippen LogP contribution in [-0.2, 0) is 9.53 Å². The van der Waals surface area contributed by atoms with Crippen LogP contribution in [0.15, 0.2) is 42.5 Å². The van der Waals surface area contributed by atoms with E-state index in [-0.39, 0.29) is 18.0 Å². The number of benzene rings is 1. The lowest BCUT2D eigenvalue weighted by Crippen LogP contribution is -2.22. The monoisotopic (exact) mass is 200 g/mol. The highest BCUT2D eigenvalue weighted by atomic mass is 16.5. The highest BCUT2D eigenvalue weighted by molar-refractivity contribution is 5.95. The first-order chi connectivity index (χ1) is 7.34. The molecule has 0 aliphatic carbocycles. The van der Waals surface area contributed by atoms with Gasteiger partial charge in [-0.1, -0.05) is 36.4 Å². The van der Waals surface area contributed by atoms with Crippen LogP contribution in [0.1, 0.15) is 17.9 Å². The first-order valence-corrected chi connectivity index (χ1v) is 5.27. The fourth-order valence-corrected chi connectivity index (χ4v) is 2.39. The summed E-state index contributed by atoms with van der Waals surface area (Å²) in [6, 6.07) is 10.3. The summed E-state index contributed by atoms with van der Waals surface area (Å²) in [5.41, 5.74) is 1.27. The molecule has 0 N–H and O–H groups in total. The summed E-state index contributed by atoms with van der Waals surface area (Å²) in [6.45, 7) is 0. The summed E-state index contributed by atoms with van der Waals surface area (Å²) in [4.78, 5) is 11.4. The molecule has 0 saturated carbocycles. The van der Waals surface area contributed by atoms with Gasteiger partial charge in [0.25, 0.3) is 0 Å². The molecule has 3 unspecified atom stereocenters. The molecular weight excluding hydrogens is 188 g/mol. The zero-order valence-electron chi connectivity index (χ0n) is 8.30. The van der Waals surface area contributed by atoms with Crippen LogP contribution in [0.2, 0.25) is 0 Å². The first-order valence-electron chi connectivity index (χ1n) is 5.27. The predicted molar refractivity (Wildman–Crippen MR) is 56.6 cm³/mol. The van der Waals surface area contributed by atoms with Gasteiger partial charge in [0.1, 0.15) is 6.10 Å². The van der Waals surface area contributed by atoms with Gasteiger partial charge < -0.3 is 4.74 Å². The Morgan fingerprint density at radius 1 is 1.20 bits per heavy atom. The molecule has 76 valence electrons. The van der Waals surface area contributed by atoms with E-state index in [0.29, 0.717) is 5.92 Å². The summed E-state index contributed by atoms with van der Waals surface area (Å²) in [6.07, 6.45) is 4.27. The van der Waals surface area contributed by atoms with Gasteiger partial charge in [0.2, 0.25) is 0 Å². The number of hydrogen-bond donors (Lipinski definition) is 0. The van der Waals surface area contributed by atoms with Crippen molar-refractivity contribution in [3.05, 3.63) is 48.0 Å². The molecule has 15 heavy (non-hydrogen) atoms. The molecule has 2 aliphatic heterocycles. The van der Waals surface area contributed by atoms with Gasteiger partial charge in [-0.3, -0.25) is 4.79 Å². The van der Waals surface area contributed by atoms with Gasteiger partial charge in [0.05, 0.1) is 6.10 Å². The third-order valence-corrected chi connectivity index (χ3v) is 3.18. The molecule has 0 radical (unpaired) electrons. The number of fused-ring (bicyclic) bond motifs is 2. The van der Waals surface area contributed by atoms with Crippen molar-refractivity contribution in [2.24, 2.45) is 0 Å². The minimum absolute atomic E-state index is 0.0927. The topological polar surface area (TPSA) is 26.3 Å². The summed E-state index contributed by atoms with van der Waals surface area (Å²) >= 11 is 0. The third-order valence-electron chi connectivity index (χ3n) is 3.18. The molecule has 0 aromatic heterocycles. The average Bonchev–Trinajstić information content (AvgIpc) is 2.65. The van der Waals surface area contributed by atoms with Crippen molar-refractivity contribution in [2.45, 2.75) is 24.5 Å². The van der Waals surface area contributed by atoms with Crippen LogP contribution < -0.4 is 0 Å². The van der Waals surface area contributed by atoms with Crippen molar-refractivity contribution in [3.63, 3.8) is 0 Å². The number of carbonyl (C=O) groups excluding carboxylic acids is 1. The predicted octanol–water partition coefficient (Wildman–Crippen LogP) is 2.07. The number of ketones is 1. The molecule has 3 rings (SSSR count). The standard InChI is InChI=1S/C13H12O2/c14-11-6-7-12-10(8-13(11)15-12)9-4-2-1-3-5-9/h1-7,10,12-13H,8H2. The maximum absolute atomic E-state index is 11.4. The van der Waals surface area contributed by atoms with Crippen LogP contribution >= 0.6 is 0 Å². The summed E-state index contributed by atoms with van der Waals surface area (Å²) in [5.74, 6) is 0.462. The molecule has 2 aliphatic rings. The van der Waals surface area contributed by atoms with Crippen molar-refractivity contribution in [3.8, 4) is 0 Å². The van der Waals surface area contributed by atoms with E-state index in [0.717, 1.165) is 6.42 Å². The second-order valence-electron chi connectivity index (χ2n) is 4.10. The Morgan fingerprint density at radius 3 is 2.73 bits per heavy atom. The Morgan fingerprint density at radius 2 is 2.00 bits per heavy atom. The lowest BCUT2D eigenvalue weighted by molar-refractivity contribution is -0.125. The van der Waals surface area contributed by atoms with Crippen LogP contribution in [0.3, 0.4) is 0 Å². The second kappa shape index (κ2) is 3.31. The van der Waals surface area contributed by atoms with Gasteiger partial charge in [0, 0.05) is 5.92 Å². The summed E-state index contributed by atoms with van der Waals surface area (Å²) in [5, 5.41) is 0. The maximum atomic E-state index is 11.4. The molecule has 1 fully saturated rings. The Hall–Kier alpha value is -1.41. The molecule has 1 saturated heterocycles. The van der Waals surface area contributed by atoms with Crippen LogP contribution in [0.4, 0.5) is 0 Å². The van der Waals surface area contributed by atoms with E-state index in [9.17, 15) is 4.79 Å². The summed E-state index contributed by atoms with van der Waals surface area (Å²) in [7, 11) is 0. The van der Waals surface area contributed by atoms with E-state index in [1.807, 2.05) is 24.3 Å². The number of rotatable bonds is 1. The van der Waals surface area contributed by atoms with Gasteiger partial charge in [-0.2, -0.15) is 0 Å². The van der Waals surface area contributed by atoms with Crippen LogP contribution in [0.25, 0.3) is 0 Å². The van der Waals surface area contributed by atoms with E-state index in [1.54, 1.807) is 6.08 Å². The Labute approximate surface area is 88.6 Å². The van der Waals surface area contributed by atoms with E-state index < -0.39 is 0 Å². The van der Waals surface area contributed by atoms with Crippen LogP contribution in [0.5, 0.6) is 0 Å². The van der Waals surface area contributed by atoms with E-state index in [4.69, 9.17) is 4.74 Å². The molecule has 2 heteroatoms. The zero-order valence-corrected chi connectivity index (χ0v) is 8.30. The van der Waals surface area contributed by atoms with Crippen molar-refractivity contribution in [1.29, 1.82) is 0 Å². The fraction of sp³-hybridized carbons (Fsp3) is 0.308. The van der Waals surface area contributed by atoms with Crippen molar-refractivity contribution in [2.75, 3.05) is 0 Å². The number of carbonyl (C=O) groups is 1. The SMILES string of the molecule is O=C1C=CC2OC1CC2c1ccccc1. The minimum atomic E-state index is -0.204. The van der Waals surface area contributed by atoms with E-state index in [2.05, 4.69) is 12.1 Å². The smallest absolute Gasteiger partial charge is 0.184 e. The maximum Gasteiger partial charge on any atom is 0.184 e. The van der Waals surface area contributed by atoms with E-state index >= 15 is 0 Å². The highest BCUT2D eigenvalue weighted by Gasteiger charge is 2.40. The largest absolute Gasteiger partial charge is 0.362 e. The minimum Gasteiger partial charge on any atom is -0.362 e. The third kappa shape index (κ3) is 1.41. The Kier molecular flexibility index (Phi) is 1.96. The van der Waals surface area contributed by atoms with Crippen LogP contribution in [-0.4, -0.2) is 18.0 Å². The Bertz CT molecular complexity index is 408. The van der Waals surface area contributed by atoms with Gasteiger partial charge in [0.15, 0.2) is 5.78 Å². The van der Waals surface area contributed by atoms with Gasteiger partial charge in [-0.15, -0.1) is 0 Å². The molecule has 3 atom stereocenters. The molecule has 2 nitrogen and oxygen atoms in total. The first kappa shape index (κ1) is 8.86. The zero-order chi connectivity index (χ0) is 10.3. The molecule has 2 bridgehead atoms. The summed E-state index contributed by atoms with van der Waals surface area (Å²) < 4.78 is 5.64. The fourth-order valence-electron chi connectivity index (χ4n) is 2.39. The number of ether oxygens (including phenoxy) is 1. The molecule has 0 amide bonds. The average molecular weight is 200 g/mol. The van der Waals surface area contributed by atoms with Gasteiger partial charge in [-0.25, -0.2) is 0 Å². The van der Waals surface area contributed by atoms with Crippen LogP contribution in [0, 0.1) is 0 Å². The lowest BCUT2D eigenvalue weighted by Gasteiger charge is -2.16. The highest BCUT2D eigenvalue weighted by Crippen LogP contribution is 2.38. The van der Waals surface area contributed by atoms with Crippen molar-refractivity contribution in [1.82, 2.24) is 0 Å². The molecule has 0 spiro atoms. The molecule has 2 heterocycles. The van der Waals surface area contributed by atoms with Crippen molar-refractivity contribution >= 4 is 5.78 Å². The molecule has 1 aromatic carbocycles. The van der Waals surface area contributed by atoms with Crippen molar-refractivity contribution < 1.29 is 9.53 Å². The number of hydrogen-bond acceptors (Lipinski definition) is 2. The normalized spacial score (nSPS) is 33.3. The lowest BCUT2D eigenvalue weighted by atomic mass is 9.92.